The second kappa shape index (κ2) is 5.59. The van der Waals surface area contributed by atoms with E-state index in [0.717, 1.165) is 16.3 Å². The maximum Gasteiger partial charge on any atom is 0.293 e. The highest BCUT2D eigenvalue weighted by atomic mass is 32.2. The van der Waals surface area contributed by atoms with Crippen molar-refractivity contribution in [1.29, 1.82) is 0 Å². The summed E-state index contributed by atoms with van der Waals surface area (Å²) in [6.45, 7) is 2.82. The summed E-state index contributed by atoms with van der Waals surface area (Å²) in [4.78, 5) is 14.1. The highest BCUT2D eigenvalue weighted by Gasteiger charge is 1.95. The Bertz CT molecular complexity index is 261. The van der Waals surface area contributed by atoms with Crippen LogP contribution in [0.5, 0.6) is 0 Å². The zero-order chi connectivity index (χ0) is 9.52. The number of nitrogens with zero attached hydrogens (tertiary/aromatic N) is 1. The molecule has 1 heterocycles. The van der Waals surface area contributed by atoms with E-state index in [-0.39, 0.29) is 0 Å². The van der Waals surface area contributed by atoms with E-state index >= 15 is 0 Å². The third kappa shape index (κ3) is 3.46. The summed E-state index contributed by atoms with van der Waals surface area (Å²) in [7, 11) is 0. The van der Waals surface area contributed by atoms with E-state index in [1.165, 1.54) is 0 Å². The zero-order valence-corrected chi connectivity index (χ0v) is 8.21. The molecule has 0 radical (unpaired) electrons. The molecule has 0 N–H and O–H groups in total. The average molecular weight is 197 g/mol. The minimum Gasteiger partial charge on any atom is -0.463 e. The third-order valence-electron chi connectivity index (χ3n) is 1.41. The van der Waals surface area contributed by atoms with E-state index in [0.29, 0.717) is 13.1 Å². The van der Waals surface area contributed by atoms with Crippen LogP contribution in [0.15, 0.2) is 23.4 Å². The Kier molecular flexibility index (Phi) is 4.32. The van der Waals surface area contributed by atoms with Crippen LogP contribution in [0.1, 0.15) is 12.5 Å². The molecule has 0 aliphatic carbocycles. The lowest BCUT2D eigenvalue weighted by molar-refractivity contribution is -0.129. The number of ether oxygens (including phenoxy) is 1. The molecule has 0 aliphatic rings. The molecule has 0 atom stereocenters. The van der Waals surface area contributed by atoms with Gasteiger partial charge in [-0.2, -0.15) is 0 Å². The molecule has 0 saturated carbocycles. The molecular formula is C9H11NO2S. The second-order valence-corrected chi connectivity index (χ2v) is 3.63. The van der Waals surface area contributed by atoms with Gasteiger partial charge in [0.05, 0.1) is 5.03 Å². The first-order valence-corrected chi connectivity index (χ1v) is 4.98. The van der Waals surface area contributed by atoms with Crippen molar-refractivity contribution >= 4 is 18.2 Å². The summed E-state index contributed by atoms with van der Waals surface area (Å²) < 4.78 is 4.59. The lowest BCUT2D eigenvalue weighted by atomic mass is 10.3. The molecule has 0 aliphatic heterocycles. The molecule has 1 aromatic rings. The molecule has 13 heavy (non-hydrogen) atoms. The second-order valence-electron chi connectivity index (χ2n) is 2.34. The van der Waals surface area contributed by atoms with Crippen LogP contribution in [0.2, 0.25) is 0 Å². The van der Waals surface area contributed by atoms with Gasteiger partial charge >= 0.3 is 0 Å². The largest absolute Gasteiger partial charge is 0.463 e. The maximum atomic E-state index is 9.90. The van der Waals surface area contributed by atoms with Gasteiger partial charge in [-0.15, -0.1) is 11.8 Å². The van der Waals surface area contributed by atoms with Crippen LogP contribution in [-0.2, 0) is 16.1 Å². The van der Waals surface area contributed by atoms with Gasteiger partial charge < -0.3 is 4.74 Å². The maximum absolute atomic E-state index is 9.90. The topological polar surface area (TPSA) is 39.2 Å². The van der Waals surface area contributed by atoms with Crippen molar-refractivity contribution in [1.82, 2.24) is 4.98 Å². The molecule has 70 valence electrons. The molecule has 0 saturated heterocycles. The zero-order valence-electron chi connectivity index (χ0n) is 7.40. The van der Waals surface area contributed by atoms with Gasteiger partial charge in [-0.05, 0) is 11.8 Å². The molecule has 0 spiro atoms. The fourth-order valence-electron chi connectivity index (χ4n) is 0.860. The van der Waals surface area contributed by atoms with Crippen molar-refractivity contribution in [3.63, 3.8) is 0 Å². The van der Waals surface area contributed by atoms with Gasteiger partial charge in [0.1, 0.15) is 6.61 Å². The lowest BCUT2D eigenvalue weighted by Crippen LogP contribution is -1.91. The Balaban J connectivity index is 2.53. The van der Waals surface area contributed by atoms with Gasteiger partial charge in [0.2, 0.25) is 0 Å². The van der Waals surface area contributed by atoms with Crippen molar-refractivity contribution < 1.29 is 9.53 Å². The highest BCUT2D eigenvalue weighted by molar-refractivity contribution is 7.99. The fraction of sp³-hybridized carbons (Fsp3) is 0.333. The Morgan fingerprint density at radius 2 is 2.46 bits per heavy atom. The van der Waals surface area contributed by atoms with E-state index in [4.69, 9.17) is 0 Å². The Morgan fingerprint density at radius 1 is 1.62 bits per heavy atom. The fourth-order valence-corrected chi connectivity index (χ4v) is 1.45. The lowest BCUT2D eigenvalue weighted by Gasteiger charge is -2.00. The van der Waals surface area contributed by atoms with E-state index in [9.17, 15) is 4.79 Å². The van der Waals surface area contributed by atoms with Gasteiger partial charge in [0.15, 0.2) is 0 Å². The van der Waals surface area contributed by atoms with Crippen LogP contribution < -0.4 is 0 Å². The van der Waals surface area contributed by atoms with Crippen molar-refractivity contribution in [2.45, 2.75) is 18.6 Å². The quantitative estimate of drug-likeness (QED) is 0.533. The number of pyridine rings is 1. The standard InChI is InChI=1S/C9H11NO2S/c1-2-13-9-4-3-8(5-10-9)6-12-7-11/h3-5,7H,2,6H2,1H3. The molecule has 0 aromatic carbocycles. The summed E-state index contributed by atoms with van der Waals surface area (Å²) >= 11 is 1.69. The normalized spacial score (nSPS) is 9.62. The Labute approximate surface area is 81.5 Å². The monoisotopic (exact) mass is 197 g/mol. The molecule has 3 nitrogen and oxygen atoms in total. The molecule has 1 rings (SSSR count). The van der Waals surface area contributed by atoms with Crippen molar-refractivity contribution in [3.05, 3.63) is 23.9 Å². The van der Waals surface area contributed by atoms with Crippen LogP contribution >= 0.6 is 11.8 Å². The Morgan fingerprint density at radius 3 is 3.00 bits per heavy atom. The number of carbonyl (C=O) groups excluding carboxylic acids is 1. The molecule has 1 aromatic heterocycles. The molecule has 0 bridgehead atoms. The van der Waals surface area contributed by atoms with Gasteiger partial charge in [0.25, 0.3) is 6.47 Å². The number of aromatic nitrogens is 1. The van der Waals surface area contributed by atoms with Gasteiger partial charge in [-0.25, -0.2) is 4.98 Å². The SMILES string of the molecule is CCSc1ccc(COC=O)cn1. The number of hydrogen-bond acceptors (Lipinski definition) is 4. The van der Waals surface area contributed by atoms with E-state index in [2.05, 4.69) is 16.6 Å². The van der Waals surface area contributed by atoms with Crippen LogP contribution in [0.25, 0.3) is 0 Å². The molecular weight excluding hydrogens is 186 g/mol. The van der Waals surface area contributed by atoms with E-state index in [1.54, 1.807) is 18.0 Å². The van der Waals surface area contributed by atoms with Gasteiger partial charge in [-0.1, -0.05) is 13.0 Å². The minimum atomic E-state index is 0.299. The minimum absolute atomic E-state index is 0.299. The first kappa shape index (κ1) is 10.1. The van der Waals surface area contributed by atoms with Crippen LogP contribution in [-0.4, -0.2) is 17.2 Å². The van der Waals surface area contributed by atoms with Crippen LogP contribution in [0, 0.1) is 0 Å². The van der Waals surface area contributed by atoms with Crippen LogP contribution in [0.4, 0.5) is 0 Å². The molecule has 4 heteroatoms. The number of hydrogen-bond donors (Lipinski definition) is 0. The van der Waals surface area contributed by atoms with Crippen molar-refractivity contribution in [2.75, 3.05) is 5.75 Å². The first-order chi connectivity index (χ1) is 6.36. The molecule has 0 unspecified atom stereocenters. The van der Waals surface area contributed by atoms with E-state index in [1.807, 2.05) is 12.1 Å². The Hall–Kier alpha value is -1.03. The van der Waals surface area contributed by atoms with Gasteiger partial charge in [0, 0.05) is 11.8 Å². The number of thioether (sulfide) groups is 1. The average Bonchev–Trinajstić information content (AvgIpc) is 2.17. The summed E-state index contributed by atoms with van der Waals surface area (Å²) in [5.74, 6) is 1.01. The van der Waals surface area contributed by atoms with Gasteiger partial charge in [-0.3, -0.25) is 4.79 Å². The summed E-state index contributed by atoms with van der Waals surface area (Å²) in [5.41, 5.74) is 0.910. The summed E-state index contributed by atoms with van der Waals surface area (Å²) in [5, 5.41) is 0.998. The third-order valence-corrected chi connectivity index (χ3v) is 2.23. The predicted molar refractivity (Wildman–Crippen MR) is 51.5 cm³/mol. The van der Waals surface area contributed by atoms with E-state index < -0.39 is 0 Å². The number of carbonyl (C=O) groups is 1. The molecule has 0 amide bonds. The van der Waals surface area contributed by atoms with Crippen LogP contribution in [0.3, 0.4) is 0 Å². The molecule has 0 fully saturated rings. The highest BCUT2D eigenvalue weighted by Crippen LogP contribution is 2.14. The first-order valence-electron chi connectivity index (χ1n) is 3.99. The predicted octanol–water partition coefficient (Wildman–Crippen LogP) is 1.87. The van der Waals surface area contributed by atoms with Crippen molar-refractivity contribution in [2.24, 2.45) is 0 Å². The summed E-state index contributed by atoms with van der Waals surface area (Å²) in [6, 6.07) is 3.84. The van der Waals surface area contributed by atoms with Crippen molar-refractivity contribution in [3.8, 4) is 0 Å². The smallest absolute Gasteiger partial charge is 0.293 e. The summed E-state index contributed by atoms with van der Waals surface area (Å²) in [6.07, 6.45) is 1.72. The number of rotatable bonds is 5.